The number of alkyl halides is 3. The van der Waals surface area contributed by atoms with Crippen LogP contribution in [0.5, 0.6) is 0 Å². The first-order valence-electron chi connectivity index (χ1n) is 11.5. The van der Waals surface area contributed by atoms with Gasteiger partial charge in [0.25, 0.3) is 0 Å². The molecule has 0 fully saturated rings. The Balaban J connectivity index is 2.73. The van der Waals surface area contributed by atoms with E-state index < -0.39 is 42.5 Å². The summed E-state index contributed by atoms with van der Waals surface area (Å²) in [6.45, 7) is 4.36. The fourth-order valence-electron chi connectivity index (χ4n) is 4.65. The van der Waals surface area contributed by atoms with Crippen LogP contribution in [0.1, 0.15) is 13.8 Å². The van der Waals surface area contributed by atoms with Crippen LogP contribution in [-0.4, -0.2) is 28.1 Å². The molecule has 0 saturated carbocycles. The maximum atomic E-state index is 14.2. The normalized spacial score (nSPS) is 15.3. The van der Waals surface area contributed by atoms with Crippen LogP contribution in [-0.2, 0) is 18.5 Å². The SMILES string of the molecule is CC(C)C(O[Si](C)(C)C)P(OS(=O)(=O)C(F)(F)F)(c1ccccc1)(c1ccccc1)c1ccccc1. The Morgan fingerprint density at radius 2 is 1.06 bits per heavy atom. The van der Waals surface area contributed by atoms with Crippen molar-refractivity contribution in [1.29, 1.82) is 0 Å². The zero-order chi connectivity index (χ0) is 26.9. The molecular weight excluding hydrogens is 524 g/mol. The predicted octanol–water partition coefficient (Wildman–Crippen LogP) is 6.13. The molecule has 0 aliphatic rings. The van der Waals surface area contributed by atoms with E-state index in [0.717, 1.165) is 0 Å². The van der Waals surface area contributed by atoms with E-state index in [1.54, 1.807) is 91.0 Å². The molecule has 36 heavy (non-hydrogen) atoms. The second-order valence-electron chi connectivity index (χ2n) is 9.95. The molecule has 1 unspecified atom stereocenters. The summed E-state index contributed by atoms with van der Waals surface area (Å²) in [6.07, 6.45) is 0. The molecule has 0 bridgehead atoms. The number of benzene rings is 3. The van der Waals surface area contributed by atoms with Crippen molar-refractivity contribution in [1.82, 2.24) is 0 Å². The number of rotatable bonds is 9. The van der Waals surface area contributed by atoms with Crippen molar-refractivity contribution in [3.05, 3.63) is 91.0 Å². The van der Waals surface area contributed by atoms with Gasteiger partial charge in [-0.3, -0.25) is 0 Å². The molecule has 0 spiro atoms. The van der Waals surface area contributed by atoms with Crippen molar-refractivity contribution in [2.75, 3.05) is 0 Å². The molecule has 0 heterocycles. The fourth-order valence-corrected chi connectivity index (χ4v) is 15.9. The summed E-state index contributed by atoms with van der Waals surface area (Å²) in [4.78, 5) is 0. The quantitative estimate of drug-likeness (QED) is 0.181. The summed E-state index contributed by atoms with van der Waals surface area (Å²) in [5, 5.41) is 1.02. The molecular formula is C26H32F3O4PSSi. The summed E-state index contributed by atoms with van der Waals surface area (Å²) in [7, 11) is -8.58. The number of halogens is 3. The van der Waals surface area contributed by atoms with Gasteiger partial charge < -0.3 is 0 Å². The van der Waals surface area contributed by atoms with Gasteiger partial charge in [-0.25, -0.2) is 0 Å². The topological polar surface area (TPSA) is 52.6 Å². The van der Waals surface area contributed by atoms with Gasteiger partial charge in [-0.15, -0.1) is 0 Å². The van der Waals surface area contributed by atoms with Crippen LogP contribution >= 0.6 is 6.83 Å². The second-order valence-corrected chi connectivity index (χ2v) is 20.6. The van der Waals surface area contributed by atoms with E-state index in [0.29, 0.717) is 15.9 Å². The van der Waals surface area contributed by atoms with E-state index >= 15 is 0 Å². The van der Waals surface area contributed by atoms with E-state index in [1.165, 1.54) is 0 Å². The number of hydrogen-bond donors (Lipinski definition) is 0. The molecule has 3 rings (SSSR count). The third-order valence-electron chi connectivity index (χ3n) is 5.87. The van der Waals surface area contributed by atoms with Crippen LogP contribution in [0.25, 0.3) is 0 Å². The molecule has 4 nitrogen and oxygen atoms in total. The average molecular weight is 557 g/mol. The van der Waals surface area contributed by atoms with E-state index in [-0.39, 0.29) is 0 Å². The van der Waals surface area contributed by atoms with E-state index in [4.69, 9.17) is 8.40 Å². The first-order chi connectivity index (χ1) is 16.7. The molecule has 0 amide bonds. The monoisotopic (exact) mass is 556 g/mol. The Labute approximate surface area is 212 Å². The van der Waals surface area contributed by atoms with E-state index in [2.05, 4.69) is 0 Å². The van der Waals surface area contributed by atoms with Gasteiger partial charge in [0, 0.05) is 0 Å². The molecule has 3 aromatic carbocycles. The van der Waals surface area contributed by atoms with Crippen LogP contribution in [0, 0.1) is 5.92 Å². The van der Waals surface area contributed by atoms with E-state index in [9.17, 15) is 21.6 Å². The summed E-state index contributed by atoms with van der Waals surface area (Å²) < 4.78 is 81.3. The van der Waals surface area contributed by atoms with E-state index in [1.807, 2.05) is 33.5 Å². The van der Waals surface area contributed by atoms with Gasteiger partial charge >= 0.3 is 213 Å². The van der Waals surface area contributed by atoms with Gasteiger partial charge in [0.05, 0.1) is 0 Å². The van der Waals surface area contributed by atoms with Gasteiger partial charge in [0.2, 0.25) is 0 Å². The van der Waals surface area contributed by atoms with Crippen LogP contribution in [0.3, 0.4) is 0 Å². The maximum absolute atomic E-state index is 14.2. The van der Waals surface area contributed by atoms with Crippen molar-refractivity contribution in [3.8, 4) is 0 Å². The number of hydrogen-bond acceptors (Lipinski definition) is 4. The summed E-state index contributed by atoms with van der Waals surface area (Å²) >= 11 is 0. The minimum atomic E-state index is -6.10. The first-order valence-corrected chi connectivity index (χ1v) is 18.6. The Kier molecular flexibility index (Phi) is 7.95. The molecule has 3 aromatic rings. The van der Waals surface area contributed by atoms with Gasteiger partial charge in [-0.2, -0.15) is 0 Å². The average Bonchev–Trinajstić information content (AvgIpc) is 2.82. The molecule has 0 radical (unpaired) electrons. The molecule has 0 aromatic heterocycles. The van der Waals surface area contributed by atoms with Crippen molar-refractivity contribution >= 4 is 41.2 Å². The standard InChI is InChI=1S/C26H32F3O4PSSi/c1-21(2)25(32-36(3,4)5)34(22-15-9-6-10-16-22,23-17-11-7-12-18-23,24-19-13-8-14-20-24)33-35(30,31)26(27,28)29/h6-21,25H,1-5H3. The first kappa shape index (κ1) is 28.5. The third-order valence-corrected chi connectivity index (χ3v) is 15.3. The Bertz CT molecular complexity index is 1160. The Hall–Kier alpha value is -2.03. The second kappa shape index (κ2) is 10.0. The Morgan fingerprint density at radius 1 is 0.722 bits per heavy atom. The van der Waals surface area contributed by atoms with Gasteiger partial charge in [0.15, 0.2) is 0 Å². The molecule has 10 heteroatoms. The van der Waals surface area contributed by atoms with Crippen molar-refractivity contribution < 1.29 is 30.0 Å². The molecule has 0 aliphatic heterocycles. The van der Waals surface area contributed by atoms with Crippen LogP contribution in [0.15, 0.2) is 91.0 Å². The summed E-state index contributed by atoms with van der Waals surface area (Å²) in [5.41, 5.74) is -5.64. The minimum absolute atomic E-state index is 0.339. The van der Waals surface area contributed by atoms with Crippen molar-refractivity contribution in [3.63, 3.8) is 0 Å². The zero-order valence-electron chi connectivity index (χ0n) is 20.9. The molecule has 0 N–H and O–H groups in total. The van der Waals surface area contributed by atoms with Gasteiger partial charge in [-0.05, 0) is 0 Å². The van der Waals surface area contributed by atoms with Gasteiger partial charge in [-0.1, -0.05) is 0 Å². The van der Waals surface area contributed by atoms with Crippen LogP contribution < -0.4 is 15.9 Å². The van der Waals surface area contributed by atoms with Crippen LogP contribution in [0.2, 0.25) is 19.6 Å². The molecule has 196 valence electrons. The fraction of sp³-hybridized carbons (Fsp3) is 0.308. The van der Waals surface area contributed by atoms with Crippen LogP contribution in [0.4, 0.5) is 13.2 Å². The Morgan fingerprint density at radius 3 is 1.31 bits per heavy atom. The molecule has 0 aliphatic carbocycles. The predicted molar refractivity (Wildman–Crippen MR) is 144 cm³/mol. The molecule has 1 atom stereocenters. The van der Waals surface area contributed by atoms with Gasteiger partial charge in [0.1, 0.15) is 0 Å². The van der Waals surface area contributed by atoms with Crippen molar-refractivity contribution in [2.45, 2.75) is 44.8 Å². The van der Waals surface area contributed by atoms with Crippen molar-refractivity contribution in [2.24, 2.45) is 5.92 Å². The third kappa shape index (κ3) is 4.92. The zero-order valence-corrected chi connectivity index (χ0v) is 23.6. The summed E-state index contributed by atoms with van der Waals surface area (Å²) in [6, 6.07) is 25.1. The molecule has 0 saturated heterocycles. The summed E-state index contributed by atoms with van der Waals surface area (Å²) in [5.74, 6) is -1.45.